The number of carboxylic acid groups (broad SMARTS) is 1. The lowest BCUT2D eigenvalue weighted by Crippen LogP contribution is -2.29. The van der Waals surface area contributed by atoms with Gasteiger partial charge in [0.2, 0.25) is 0 Å². The van der Waals surface area contributed by atoms with E-state index in [9.17, 15) is 27.8 Å². The van der Waals surface area contributed by atoms with E-state index in [-0.39, 0.29) is 22.9 Å². The normalized spacial score (nSPS) is 12.4. The number of aliphatic carboxylic acids is 1. The average Bonchev–Trinajstić information content (AvgIpc) is 3.22. The molecule has 0 radical (unpaired) electrons. The van der Waals surface area contributed by atoms with Crippen LogP contribution in [0.5, 0.6) is 5.88 Å². The number of aromatic amines is 1. The van der Waals surface area contributed by atoms with Crippen molar-refractivity contribution in [2.75, 3.05) is 25.4 Å². The summed E-state index contributed by atoms with van der Waals surface area (Å²) in [6, 6.07) is 17.0. The van der Waals surface area contributed by atoms with Crippen LogP contribution < -0.4 is 0 Å². The fourth-order valence-corrected chi connectivity index (χ4v) is 5.71. The van der Waals surface area contributed by atoms with Crippen LogP contribution in [-0.4, -0.2) is 65.6 Å². The van der Waals surface area contributed by atoms with Crippen LogP contribution in [0, 0.1) is 5.82 Å². The molecule has 0 aliphatic rings. The zero-order chi connectivity index (χ0) is 28.2. The quantitative estimate of drug-likeness (QED) is 0.227. The van der Waals surface area contributed by atoms with E-state index in [2.05, 4.69) is 4.98 Å². The molecule has 1 aromatic heterocycles. The van der Waals surface area contributed by atoms with E-state index in [0.717, 1.165) is 13.1 Å². The number of aromatic nitrogens is 1. The van der Waals surface area contributed by atoms with Crippen molar-refractivity contribution < 1.29 is 27.8 Å². The van der Waals surface area contributed by atoms with Gasteiger partial charge in [0.1, 0.15) is 5.82 Å². The fraction of sp³-hybridized carbons (Fsp3) is 0.241. The Bertz CT molecular complexity index is 1620. The first-order valence-corrected chi connectivity index (χ1v) is 14.2. The number of nitrogens with one attached hydrogen (secondary N) is 1. The summed E-state index contributed by atoms with van der Waals surface area (Å²) < 4.78 is 39.6. The number of aromatic hydroxyl groups is 1. The van der Waals surface area contributed by atoms with Gasteiger partial charge in [0.25, 0.3) is 0 Å². The van der Waals surface area contributed by atoms with Crippen molar-refractivity contribution >= 4 is 38.1 Å². The Hall–Kier alpha value is -4.02. The first-order valence-electron chi connectivity index (χ1n) is 12.6. The highest BCUT2D eigenvalue weighted by Crippen LogP contribution is 2.32. The lowest BCUT2D eigenvalue weighted by Gasteiger charge is -2.17. The molecule has 3 aromatic carbocycles. The van der Waals surface area contributed by atoms with Gasteiger partial charge < -0.3 is 20.1 Å². The number of rotatable bonds is 11. The van der Waals surface area contributed by atoms with Crippen LogP contribution in [0.2, 0.25) is 0 Å². The highest BCUT2D eigenvalue weighted by molar-refractivity contribution is 7.91. The van der Waals surface area contributed by atoms with Gasteiger partial charge in [-0.25, -0.2) is 17.8 Å². The van der Waals surface area contributed by atoms with Gasteiger partial charge in [0.15, 0.2) is 15.7 Å². The van der Waals surface area contributed by atoms with E-state index in [4.69, 9.17) is 4.99 Å². The molecule has 10 heteroatoms. The van der Waals surface area contributed by atoms with Crippen LogP contribution in [-0.2, 0) is 21.1 Å². The van der Waals surface area contributed by atoms with Gasteiger partial charge in [-0.2, -0.15) is 0 Å². The highest BCUT2D eigenvalue weighted by atomic mass is 32.2. The van der Waals surface area contributed by atoms with Gasteiger partial charge in [0.05, 0.1) is 39.5 Å². The van der Waals surface area contributed by atoms with E-state index in [1.165, 1.54) is 30.3 Å². The van der Waals surface area contributed by atoms with Crippen molar-refractivity contribution in [3.8, 4) is 5.88 Å². The zero-order valence-electron chi connectivity index (χ0n) is 21.7. The average molecular weight is 552 g/mol. The van der Waals surface area contributed by atoms with Crippen molar-refractivity contribution in [3.63, 3.8) is 0 Å². The molecule has 0 saturated carbocycles. The minimum Gasteiger partial charge on any atom is -0.494 e. The Morgan fingerprint density at radius 2 is 1.74 bits per heavy atom. The fourth-order valence-electron chi connectivity index (χ4n) is 4.43. The molecule has 0 aliphatic heterocycles. The van der Waals surface area contributed by atoms with Gasteiger partial charge in [-0.3, -0.25) is 4.79 Å². The van der Waals surface area contributed by atoms with Crippen LogP contribution in [0.1, 0.15) is 30.5 Å². The Balaban J connectivity index is 1.78. The first-order chi connectivity index (χ1) is 18.6. The summed E-state index contributed by atoms with van der Waals surface area (Å²) in [4.78, 5) is 21.0. The number of nitrogens with zero attached hydrogens (tertiary/aromatic N) is 2. The number of fused-ring (bicyclic) bond motifs is 1. The summed E-state index contributed by atoms with van der Waals surface area (Å²) >= 11 is 0. The topological polar surface area (TPSA) is 123 Å². The highest BCUT2D eigenvalue weighted by Gasteiger charge is 2.20. The second kappa shape index (κ2) is 11.8. The van der Waals surface area contributed by atoms with Crippen molar-refractivity contribution in [2.45, 2.75) is 25.2 Å². The maximum Gasteiger partial charge on any atom is 0.307 e. The molecule has 0 saturated heterocycles. The van der Waals surface area contributed by atoms with Crippen molar-refractivity contribution in [3.05, 3.63) is 89.2 Å². The van der Waals surface area contributed by atoms with Gasteiger partial charge >= 0.3 is 5.97 Å². The smallest absolute Gasteiger partial charge is 0.307 e. The van der Waals surface area contributed by atoms with Gasteiger partial charge in [-0.1, -0.05) is 32.0 Å². The van der Waals surface area contributed by atoms with Crippen LogP contribution >= 0.6 is 0 Å². The van der Waals surface area contributed by atoms with E-state index in [1.54, 1.807) is 36.4 Å². The van der Waals surface area contributed by atoms with Crippen molar-refractivity contribution in [1.29, 1.82) is 0 Å². The summed E-state index contributed by atoms with van der Waals surface area (Å²) in [5.74, 6) is -1.70. The van der Waals surface area contributed by atoms with Gasteiger partial charge in [0, 0.05) is 17.5 Å². The molecule has 0 bridgehead atoms. The number of H-pyrrole nitrogens is 1. The Kier molecular flexibility index (Phi) is 8.47. The Morgan fingerprint density at radius 3 is 2.41 bits per heavy atom. The number of carbonyl (C=O) groups is 1. The van der Waals surface area contributed by atoms with Crippen LogP contribution in [0.3, 0.4) is 0 Å². The molecule has 204 valence electrons. The number of hydrogen-bond acceptors (Lipinski definition) is 6. The van der Waals surface area contributed by atoms with Crippen LogP contribution in [0.15, 0.2) is 76.6 Å². The number of hydrogen-bond donors (Lipinski definition) is 3. The molecule has 1 heterocycles. The predicted molar refractivity (Wildman–Crippen MR) is 149 cm³/mol. The molecule has 8 nitrogen and oxygen atoms in total. The van der Waals surface area contributed by atoms with Gasteiger partial charge in [-0.05, 0) is 67.2 Å². The minimum atomic E-state index is -3.50. The molecular weight excluding hydrogens is 521 g/mol. The molecule has 4 rings (SSSR count). The van der Waals surface area contributed by atoms with Gasteiger partial charge in [-0.15, -0.1) is 0 Å². The number of sulfone groups is 1. The first kappa shape index (κ1) is 28.0. The van der Waals surface area contributed by atoms with Crippen molar-refractivity contribution in [1.82, 2.24) is 9.88 Å². The Labute approximate surface area is 226 Å². The summed E-state index contributed by atoms with van der Waals surface area (Å²) in [6.45, 7) is 5.94. The molecule has 0 atom stereocenters. The summed E-state index contributed by atoms with van der Waals surface area (Å²) in [6.07, 6.45) is -0.202. The third-order valence-corrected chi connectivity index (χ3v) is 8.25. The SMILES string of the molecule is CCN(CC)CCS(=O)(=O)c1ccc(N=C(c2cccc(CC(=O)O)c2)c2c(O)[nH]c3cc(F)ccc23)cc1. The molecule has 0 spiro atoms. The maximum atomic E-state index is 13.9. The lowest BCUT2D eigenvalue weighted by atomic mass is 9.98. The summed E-state index contributed by atoms with van der Waals surface area (Å²) in [5.41, 5.74) is 2.49. The predicted octanol–water partition coefficient (Wildman–Crippen LogP) is 4.92. The van der Waals surface area contributed by atoms with Crippen molar-refractivity contribution in [2.24, 2.45) is 4.99 Å². The molecule has 0 aliphatic carbocycles. The van der Waals surface area contributed by atoms with E-state index in [1.807, 2.05) is 18.7 Å². The molecule has 39 heavy (non-hydrogen) atoms. The van der Waals surface area contributed by atoms with E-state index in [0.29, 0.717) is 45.5 Å². The molecule has 0 unspecified atom stereocenters. The van der Waals surface area contributed by atoms with E-state index >= 15 is 0 Å². The molecular formula is C29H30FN3O5S. The largest absolute Gasteiger partial charge is 0.494 e. The second-order valence-electron chi connectivity index (χ2n) is 9.11. The molecule has 3 N–H and O–H groups in total. The summed E-state index contributed by atoms with van der Waals surface area (Å²) in [7, 11) is -3.50. The maximum absolute atomic E-state index is 13.9. The molecule has 0 amide bonds. The lowest BCUT2D eigenvalue weighted by molar-refractivity contribution is -0.136. The minimum absolute atomic E-state index is 0.00130. The standard InChI is InChI=1S/C29H30FN3O5S/c1-3-33(4-2)14-15-39(37,38)23-11-9-22(10-12-23)31-28(20-7-5-6-19(16-20)17-26(34)35)27-24-13-8-21(30)18-25(24)32-29(27)36/h5-13,16,18,32,36H,3-4,14-15,17H2,1-2H3,(H,34,35). The molecule has 0 fully saturated rings. The Morgan fingerprint density at radius 1 is 1.03 bits per heavy atom. The number of benzene rings is 3. The number of halogens is 1. The third-order valence-electron chi connectivity index (χ3n) is 6.54. The second-order valence-corrected chi connectivity index (χ2v) is 11.2. The number of aliphatic imine (C=N–C) groups is 1. The van der Waals surface area contributed by atoms with E-state index < -0.39 is 21.6 Å². The monoisotopic (exact) mass is 551 g/mol. The summed E-state index contributed by atoms with van der Waals surface area (Å²) in [5, 5.41) is 20.6. The zero-order valence-corrected chi connectivity index (χ0v) is 22.5. The third kappa shape index (κ3) is 6.52. The molecule has 4 aromatic rings. The number of carboxylic acids is 1. The van der Waals surface area contributed by atoms with Crippen LogP contribution in [0.25, 0.3) is 10.9 Å². The van der Waals surface area contributed by atoms with Crippen LogP contribution in [0.4, 0.5) is 10.1 Å².